The number of halogens is 1. The Balaban J connectivity index is 2.32. The summed E-state index contributed by atoms with van der Waals surface area (Å²) in [6.07, 6.45) is 0. The number of alkyl halides is 1. The quantitative estimate of drug-likeness (QED) is 0.738. The molecule has 1 heterocycles. The third-order valence-corrected chi connectivity index (χ3v) is 2.77. The van der Waals surface area contributed by atoms with Gasteiger partial charge in [-0.2, -0.15) is 0 Å². The molecule has 0 saturated carbocycles. The number of ether oxygens (including phenoxy) is 2. The highest BCUT2D eigenvalue weighted by Gasteiger charge is 2.33. The Labute approximate surface area is 95.1 Å². The van der Waals surface area contributed by atoms with Crippen LogP contribution in [0.4, 0.5) is 0 Å². The van der Waals surface area contributed by atoms with Crippen LogP contribution in [0.2, 0.25) is 0 Å². The second-order valence-electron chi connectivity index (χ2n) is 4.34. The molecular formula is C12H15ClO2. The SMILES string of the molecule is CC1(C)COc2c(OCCCl)cccc21. The van der Waals surface area contributed by atoms with Gasteiger partial charge >= 0.3 is 0 Å². The van der Waals surface area contributed by atoms with Gasteiger partial charge in [-0.3, -0.25) is 0 Å². The highest BCUT2D eigenvalue weighted by atomic mass is 35.5. The van der Waals surface area contributed by atoms with Crippen LogP contribution in [0.15, 0.2) is 18.2 Å². The number of hydrogen-bond donors (Lipinski definition) is 0. The average molecular weight is 227 g/mol. The van der Waals surface area contributed by atoms with Crippen LogP contribution in [-0.4, -0.2) is 19.1 Å². The van der Waals surface area contributed by atoms with E-state index in [1.54, 1.807) is 0 Å². The Morgan fingerprint density at radius 2 is 2.27 bits per heavy atom. The molecular weight excluding hydrogens is 212 g/mol. The number of fused-ring (bicyclic) bond motifs is 1. The smallest absolute Gasteiger partial charge is 0.165 e. The lowest BCUT2D eigenvalue weighted by molar-refractivity contribution is 0.269. The van der Waals surface area contributed by atoms with E-state index in [0.29, 0.717) is 19.1 Å². The summed E-state index contributed by atoms with van der Waals surface area (Å²) in [5.41, 5.74) is 1.30. The molecule has 82 valence electrons. The molecule has 0 amide bonds. The molecule has 2 nitrogen and oxygen atoms in total. The minimum absolute atomic E-state index is 0.0790. The second kappa shape index (κ2) is 3.93. The van der Waals surface area contributed by atoms with Crippen molar-refractivity contribution in [2.24, 2.45) is 0 Å². The third-order valence-electron chi connectivity index (χ3n) is 2.62. The molecule has 1 aromatic carbocycles. The van der Waals surface area contributed by atoms with Crippen molar-refractivity contribution in [2.45, 2.75) is 19.3 Å². The summed E-state index contributed by atoms with van der Waals surface area (Å²) in [6.45, 7) is 5.57. The van der Waals surface area contributed by atoms with Crippen LogP contribution < -0.4 is 9.47 Å². The molecule has 2 rings (SSSR count). The van der Waals surface area contributed by atoms with Crippen LogP contribution in [0, 0.1) is 0 Å². The van der Waals surface area contributed by atoms with E-state index in [-0.39, 0.29) is 5.41 Å². The van der Waals surface area contributed by atoms with Gasteiger partial charge in [0.2, 0.25) is 0 Å². The fourth-order valence-electron chi connectivity index (χ4n) is 1.79. The van der Waals surface area contributed by atoms with Crippen molar-refractivity contribution in [2.75, 3.05) is 19.1 Å². The van der Waals surface area contributed by atoms with Crippen molar-refractivity contribution in [3.8, 4) is 11.5 Å². The van der Waals surface area contributed by atoms with Crippen molar-refractivity contribution in [1.29, 1.82) is 0 Å². The fourth-order valence-corrected chi connectivity index (χ4v) is 1.87. The maximum Gasteiger partial charge on any atom is 0.165 e. The predicted octanol–water partition coefficient (Wildman–Crippen LogP) is 2.97. The van der Waals surface area contributed by atoms with Gasteiger partial charge in [0.15, 0.2) is 11.5 Å². The van der Waals surface area contributed by atoms with Crippen molar-refractivity contribution in [3.05, 3.63) is 23.8 Å². The number of hydrogen-bond acceptors (Lipinski definition) is 2. The molecule has 0 bridgehead atoms. The van der Waals surface area contributed by atoms with E-state index in [1.807, 2.05) is 12.1 Å². The van der Waals surface area contributed by atoms with E-state index in [4.69, 9.17) is 21.1 Å². The van der Waals surface area contributed by atoms with E-state index >= 15 is 0 Å². The van der Waals surface area contributed by atoms with Crippen molar-refractivity contribution in [3.63, 3.8) is 0 Å². The molecule has 0 unspecified atom stereocenters. The van der Waals surface area contributed by atoms with E-state index < -0.39 is 0 Å². The Bertz CT molecular complexity index is 361. The largest absolute Gasteiger partial charge is 0.488 e. The van der Waals surface area contributed by atoms with Crippen LogP contribution in [0.1, 0.15) is 19.4 Å². The Morgan fingerprint density at radius 3 is 3.00 bits per heavy atom. The summed E-state index contributed by atoms with van der Waals surface area (Å²) in [6, 6.07) is 6.02. The predicted molar refractivity (Wildman–Crippen MR) is 61.2 cm³/mol. The summed E-state index contributed by atoms with van der Waals surface area (Å²) in [5, 5.41) is 0. The first-order valence-electron chi connectivity index (χ1n) is 5.10. The van der Waals surface area contributed by atoms with Crippen LogP contribution >= 0.6 is 11.6 Å². The zero-order valence-corrected chi connectivity index (χ0v) is 9.80. The summed E-state index contributed by atoms with van der Waals surface area (Å²) in [5.74, 6) is 2.18. The Kier molecular flexibility index (Phi) is 2.79. The van der Waals surface area contributed by atoms with Crippen molar-refractivity contribution in [1.82, 2.24) is 0 Å². The molecule has 0 N–H and O–H groups in total. The van der Waals surface area contributed by atoms with Gasteiger partial charge < -0.3 is 9.47 Å². The second-order valence-corrected chi connectivity index (χ2v) is 4.72. The number of rotatable bonds is 3. The van der Waals surface area contributed by atoms with Crippen molar-refractivity contribution < 1.29 is 9.47 Å². The Morgan fingerprint density at radius 1 is 1.47 bits per heavy atom. The third kappa shape index (κ3) is 1.91. The first-order chi connectivity index (χ1) is 7.15. The molecule has 3 heteroatoms. The molecule has 1 aliphatic rings. The van der Waals surface area contributed by atoms with Gasteiger partial charge in [0.05, 0.1) is 12.5 Å². The molecule has 0 aromatic heterocycles. The monoisotopic (exact) mass is 226 g/mol. The molecule has 0 radical (unpaired) electrons. The van der Waals surface area contributed by atoms with Crippen LogP contribution in [0.5, 0.6) is 11.5 Å². The molecule has 1 aromatic rings. The van der Waals surface area contributed by atoms with Gasteiger partial charge in [0, 0.05) is 11.0 Å². The minimum atomic E-state index is 0.0790. The van der Waals surface area contributed by atoms with E-state index in [1.165, 1.54) is 5.56 Å². The molecule has 0 spiro atoms. The van der Waals surface area contributed by atoms with Crippen LogP contribution in [0.25, 0.3) is 0 Å². The highest BCUT2D eigenvalue weighted by Crippen LogP contribution is 2.43. The van der Waals surface area contributed by atoms with Gasteiger partial charge in [0.25, 0.3) is 0 Å². The van der Waals surface area contributed by atoms with Gasteiger partial charge in [-0.15, -0.1) is 11.6 Å². The van der Waals surface area contributed by atoms with Gasteiger partial charge in [-0.1, -0.05) is 26.0 Å². The van der Waals surface area contributed by atoms with Crippen LogP contribution in [0.3, 0.4) is 0 Å². The standard InChI is InChI=1S/C12H15ClO2/c1-12(2)8-15-11-9(12)4-3-5-10(11)14-7-6-13/h3-5H,6-8H2,1-2H3. The summed E-state index contributed by atoms with van der Waals surface area (Å²) < 4.78 is 11.2. The van der Waals surface area contributed by atoms with Gasteiger partial charge in [-0.25, -0.2) is 0 Å². The lowest BCUT2D eigenvalue weighted by Gasteiger charge is -2.15. The van der Waals surface area contributed by atoms with E-state index in [9.17, 15) is 0 Å². The summed E-state index contributed by atoms with van der Waals surface area (Å²) in [4.78, 5) is 0. The minimum Gasteiger partial charge on any atom is -0.488 e. The molecule has 0 aliphatic carbocycles. The zero-order chi connectivity index (χ0) is 10.9. The van der Waals surface area contributed by atoms with E-state index in [2.05, 4.69) is 19.9 Å². The maximum absolute atomic E-state index is 5.67. The molecule has 1 aliphatic heterocycles. The molecule has 0 atom stereocenters. The Hall–Kier alpha value is -0.890. The first-order valence-corrected chi connectivity index (χ1v) is 5.63. The van der Waals surface area contributed by atoms with E-state index in [0.717, 1.165) is 11.5 Å². The van der Waals surface area contributed by atoms with Gasteiger partial charge in [0.1, 0.15) is 6.61 Å². The fraction of sp³-hybridized carbons (Fsp3) is 0.500. The lowest BCUT2D eigenvalue weighted by Crippen LogP contribution is -2.18. The number of benzene rings is 1. The van der Waals surface area contributed by atoms with Crippen LogP contribution in [-0.2, 0) is 5.41 Å². The highest BCUT2D eigenvalue weighted by molar-refractivity contribution is 6.18. The lowest BCUT2D eigenvalue weighted by atomic mass is 9.87. The van der Waals surface area contributed by atoms with Crippen molar-refractivity contribution >= 4 is 11.6 Å². The zero-order valence-electron chi connectivity index (χ0n) is 9.05. The molecule has 0 fully saturated rings. The topological polar surface area (TPSA) is 18.5 Å². The average Bonchev–Trinajstić information content (AvgIpc) is 2.53. The van der Waals surface area contributed by atoms with Gasteiger partial charge in [-0.05, 0) is 6.07 Å². The summed E-state index contributed by atoms with van der Waals surface area (Å²) in [7, 11) is 0. The maximum atomic E-state index is 5.67. The first kappa shape index (κ1) is 10.6. The summed E-state index contributed by atoms with van der Waals surface area (Å²) >= 11 is 5.59. The number of para-hydroxylation sites is 1. The molecule has 15 heavy (non-hydrogen) atoms. The molecule has 0 saturated heterocycles. The normalized spacial score (nSPS) is 17.0.